The molecule has 0 amide bonds. The molecule has 1 saturated carbocycles. The van der Waals surface area contributed by atoms with Crippen LogP contribution < -0.4 is 0 Å². The van der Waals surface area contributed by atoms with Crippen molar-refractivity contribution >= 4 is 0 Å². The van der Waals surface area contributed by atoms with Gasteiger partial charge < -0.3 is 4.90 Å². The van der Waals surface area contributed by atoms with Gasteiger partial charge in [0.1, 0.15) is 0 Å². The van der Waals surface area contributed by atoms with Gasteiger partial charge in [0.25, 0.3) is 0 Å². The monoisotopic (exact) mass is 99.1 g/mol. The van der Waals surface area contributed by atoms with Gasteiger partial charge in [0.15, 0.2) is 0 Å². The second kappa shape index (κ2) is 1.83. The molecule has 42 valence electrons. The fourth-order valence-corrected chi connectivity index (χ4v) is 0.774. The molecular formula is C6H13N. The Labute approximate surface area is 45.3 Å². The Morgan fingerprint density at radius 1 is 1.57 bits per heavy atom. The molecule has 0 N–H and O–H groups in total. The molecule has 0 radical (unpaired) electrons. The molecule has 0 aliphatic heterocycles. The maximum atomic E-state index is 2.40. The first-order valence-corrected chi connectivity index (χ1v) is 3.05. The summed E-state index contributed by atoms with van der Waals surface area (Å²) in [6.45, 7) is 3.42. The molecule has 1 aliphatic rings. The van der Waals surface area contributed by atoms with Gasteiger partial charge in [0.05, 0.1) is 0 Å². The molecule has 1 aliphatic carbocycles. The predicted molar refractivity (Wildman–Crippen MR) is 31.3 cm³/mol. The molecule has 0 unspecified atom stereocenters. The highest BCUT2D eigenvalue weighted by molar-refractivity contribution is 4.81. The SMILES string of the molecule is CCN(C)C1CC1. The van der Waals surface area contributed by atoms with Crippen molar-refractivity contribution in [1.29, 1.82) is 0 Å². The molecule has 0 aromatic rings. The quantitative estimate of drug-likeness (QED) is 0.501. The molecule has 0 aromatic carbocycles. The van der Waals surface area contributed by atoms with Crippen molar-refractivity contribution in [2.75, 3.05) is 13.6 Å². The van der Waals surface area contributed by atoms with Crippen molar-refractivity contribution in [2.24, 2.45) is 0 Å². The van der Waals surface area contributed by atoms with E-state index in [2.05, 4.69) is 18.9 Å². The number of hydrogen-bond acceptors (Lipinski definition) is 1. The fraction of sp³-hybridized carbons (Fsp3) is 1.00. The van der Waals surface area contributed by atoms with Crippen LogP contribution in [0.4, 0.5) is 0 Å². The van der Waals surface area contributed by atoms with Gasteiger partial charge in [0.2, 0.25) is 0 Å². The van der Waals surface area contributed by atoms with E-state index in [1.54, 1.807) is 0 Å². The van der Waals surface area contributed by atoms with E-state index < -0.39 is 0 Å². The highest BCUT2D eigenvalue weighted by Gasteiger charge is 2.24. The Hall–Kier alpha value is -0.0400. The number of rotatable bonds is 2. The average Bonchev–Trinajstić information content (AvgIpc) is 2.44. The molecule has 0 aromatic heterocycles. The zero-order valence-electron chi connectivity index (χ0n) is 5.15. The van der Waals surface area contributed by atoms with E-state index >= 15 is 0 Å². The summed E-state index contributed by atoms with van der Waals surface area (Å²) in [7, 11) is 2.19. The van der Waals surface area contributed by atoms with Gasteiger partial charge in [-0.2, -0.15) is 0 Å². The van der Waals surface area contributed by atoms with Crippen LogP contribution in [0.5, 0.6) is 0 Å². The molecule has 0 bridgehead atoms. The first kappa shape index (κ1) is 5.10. The summed E-state index contributed by atoms with van der Waals surface area (Å²) in [4.78, 5) is 2.40. The van der Waals surface area contributed by atoms with Crippen LogP contribution in [0.25, 0.3) is 0 Å². The summed E-state index contributed by atoms with van der Waals surface area (Å²) >= 11 is 0. The van der Waals surface area contributed by atoms with Gasteiger partial charge in [-0.25, -0.2) is 0 Å². The molecule has 0 heterocycles. The summed E-state index contributed by atoms with van der Waals surface area (Å²) in [5.41, 5.74) is 0. The van der Waals surface area contributed by atoms with Gasteiger partial charge in [-0.05, 0) is 26.4 Å². The summed E-state index contributed by atoms with van der Waals surface area (Å²) < 4.78 is 0. The third-order valence-electron chi connectivity index (χ3n) is 1.67. The standard InChI is InChI=1S/C6H13N/c1-3-7(2)6-4-5-6/h6H,3-5H2,1-2H3. The second-order valence-electron chi connectivity index (χ2n) is 2.30. The van der Waals surface area contributed by atoms with Crippen molar-refractivity contribution in [3.63, 3.8) is 0 Å². The molecule has 0 saturated heterocycles. The summed E-state index contributed by atoms with van der Waals surface area (Å²) in [6.07, 6.45) is 2.87. The summed E-state index contributed by atoms with van der Waals surface area (Å²) in [6, 6.07) is 0.949. The molecule has 0 atom stereocenters. The lowest BCUT2D eigenvalue weighted by Crippen LogP contribution is -2.19. The molecule has 1 heteroatoms. The van der Waals surface area contributed by atoms with Crippen molar-refractivity contribution in [2.45, 2.75) is 25.8 Å². The fourth-order valence-electron chi connectivity index (χ4n) is 0.774. The highest BCUT2D eigenvalue weighted by Crippen LogP contribution is 2.24. The number of nitrogens with zero attached hydrogens (tertiary/aromatic N) is 1. The third kappa shape index (κ3) is 1.16. The highest BCUT2D eigenvalue weighted by atomic mass is 15.1. The van der Waals surface area contributed by atoms with Gasteiger partial charge in [-0.1, -0.05) is 6.92 Å². The Morgan fingerprint density at radius 2 is 2.14 bits per heavy atom. The molecule has 0 spiro atoms. The largest absolute Gasteiger partial charge is 0.304 e. The summed E-state index contributed by atoms with van der Waals surface area (Å²) in [5, 5.41) is 0. The van der Waals surface area contributed by atoms with Crippen molar-refractivity contribution in [1.82, 2.24) is 4.90 Å². The van der Waals surface area contributed by atoms with Crippen LogP contribution in [-0.4, -0.2) is 24.5 Å². The van der Waals surface area contributed by atoms with Crippen LogP contribution in [0.1, 0.15) is 19.8 Å². The van der Waals surface area contributed by atoms with Gasteiger partial charge in [-0.15, -0.1) is 0 Å². The molecular weight excluding hydrogens is 86.1 g/mol. The van der Waals surface area contributed by atoms with Crippen molar-refractivity contribution in [3.05, 3.63) is 0 Å². The van der Waals surface area contributed by atoms with Gasteiger partial charge in [0, 0.05) is 6.04 Å². The first-order chi connectivity index (χ1) is 3.34. The van der Waals surface area contributed by atoms with E-state index in [0.717, 1.165) is 6.04 Å². The predicted octanol–water partition coefficient (Wildman–Crippen LogP) is 1.10. The van der Waals surface area contributed by atoms with Crippen LogP contribution >= 0.6 is 0 Å². The zero-order valence-corrected chi connectivity index (χ0v) is 5.15. The lowest BCUT2D eigenvalue weighted by molar-refractivity contribution is 0.343. The van der Waals surface area contributed by atoms with Crippen molar-refractivity contribution in [3.8, 4) is 0 Å². The van der Waals surface area contributed by atoms with Crippen LogP contribution in [0.2, 0.25) is 0 Å². The van der Waals surface area contributed by atoms with E-state index in [1.165, 1.54) is 19.4 Å². The average molecular weight is 99.2 g/mol. The maximum Gasteiger partial charge on any atom is 0.00932 e. The molecule has 1 nitrogen and oxygen atoms in total. The minimum atomic E-state index is 0.949. The zero-order chi connectivity index (χ0) is 5.28. The maximum absolute atomic E-state index is 2.40. The topological polar surface area (TPSA) is 3.24 Å². The van der Waals surface area contributed by atoms with E-state index in [9.17, 15) is 0 Å². The first-order valence-electron chi connectivity index (χ1n) is 3.05. The lowest BCUT2D eigenvalue weighted by Gasteiger charge is -2.10. The Bertz CT molecular complexity index is 57.2. The Balaban J connectivity index is 2.10. The summed E-state index contributed by atoms with van der Waals surface area (Å²) in [5.74, 6) is 0. The van der Waals surface area contributed by atoms with E-state index in [0.29, 0.717) is 0 Å². The van der Waals surface area contributed by atoms with Crippen molar-refractivity contribution < 1.29 is 0 Å². The Morgan fingerprint density at radius 3 is 2.29 bits per heavy atom. The Kier molecular flexibility index (Phi) is 1.33. The second-order valence-corrected chi connectivity index (χ2v) is 2.30. The van der Waals surface area contributed by atoms with E-state index in [1.807, 2.05) is 0 Å². The van der Waals surface area contributed by atoms with Crippen LogP contribution in [-0.2, 0) is 0 Å². The molecule has 1 fully saturated rings. The van der Waals surface area contributed by atoms with Crippen LogP contribution in [0.15, 0.2) is 0 Å². The van der Waals surface area contributed by atoms with Gasteiger partial charge >= 0.3 is 0 Å². The third-order valence-corrected chi connectivity index (χ3v) is 1.67. The van der Waals surface area contributed by atoms with Gasteiger partial charge in [-0.3, -0.25) is 0 Å². The van der Waals surface area contributed by atoms with Crippen LogP contribution in [0, 0.1) is 0 Å². The van der Waals surface area contributed by atoms with E-state index in [-0.39, 0.29) is 0 Å². The minimum absolute atomic E-state index is 0.949. The lowest BCUT2D eigenvalue weighted by atomic mass is 10.5. The number of hydrogen-bond donors (Lipinski definition) is 0. The molecule has 7 heavy (non-hydrogen) atoms. The normalized spacial score (nSPS) is 21.0. The minimum Gasteiger partial charge on any atom is -0.304 e. The smallest absolute Gasteiger partial charge is 0.00932 e. The molecule has 1 rings (SSSR count). The van der Waals surface area contributed by atoms with E-state index in [4.69, 9.17) is 0 Å². The van der Waals surface area contributed by atoms with Crippen LogP contribution in [0.3, 0.4) is 0 Å².